The van der Waals surface area contributed by atoms with E-state index in [9.17, 15) is 16.8 Å². The van der Waals surface area contributed by atoms with Crippen LogP contribution in [0, 0.1) is 0 Å². The molecule has 0 amide bonds. The number of nitrogens with zero attached hydrogens (tertiary/aromatic N) is 3. The molecular weight excluding hydrogens is 434 g/mol. The van der Waals surface area contributed by atoms with Crippen molar-refractivity contribution in [1.29, 1.82) is 0 Å². The Balaban J connectivity index is 1.70. The van der Waals surface area contributed by atoms with Gasteiger partial charge >= 0.3 is 0 Å². The van der Waals surface area contributed by atoms with Gasteiger partial charge in [0.15, 0.2) is 0 Å². The fourth-order valence-corrected chi connectivity index (χ4v) is 6.87. The van der Waals surface area contributed by atoms with Crippen LogP contribution in [0.4, 0.5) is 11.4 Å². The molecule has 0 radical (unpaired) electrons. The molecule has 1 fully saturated rings. The van der Waals surface area contributed by atoms with Gasteiger partial charge in [0, 0.05) is 19.6 Å². The molecule has 1 aliphatic heterocycles. The molecular formula is C22H29N3O4S2. The summed E-state index contributed by atoms with van der Waals surface area (Å²) >= 11 is 0. The minimum Gasteiger partial charge on any atom is -0.346 e. The summed E-state index contributed by atoms with van der Waals surface area (Å²) in [5.74, 6) is 0. The average molecular weight is 464 g/mol. The van der Waals surface area contributed by atoms with Gasteiger partial charge in [0.1, 0.15) is 6.67 Å². The molecule has 1 saturated carbocycles. The van der Waals surface area contributed by atoms with Crippen molar-refractivity contribution in [3.05, 3.63) is 48.5 Å². The van der Waals surface area contributed by atoms with Crippen LogP contribution in [0.15, 0.2) is 58.3 Å². The minimum absolute atomic E-state index is 0.0645. The van der Waals surface area contributed by atoms with Gasteiger partial charge in [-0.05, 0) is 56.2 Å². The highest BCUT2D eigenvalue weighted by molar-refractivity contribution is 7.93. The van der Waals surface area contributed by atoms with Crippen LogP contribution in [0.3, 0.4) is 0 Å². The maximum atomic E-state index is 13.6. The van der Waals surface area contributed by atoms with Crippen LogP contribution < -0.4 is 9.21 Å². The Kier molecular flexibility index (Phi) is 5.56. The summed E-state index contributed by atoms with van der Waals surface area (Å²) in [6, 6.07) is 13.1. The number of para-hydroxylation sites is 2. The highest BCUT2D eigenvalue weighted by atomic mass is 32.2. The maximum Gasteiger partial charge on any atom is 0.265 e. The zero-order chi connectivity index (χ0) is 22.4. The lowest BCUT2D eigenvalue weighted by atomic mass is 9.82. The molecule has 1 heterocycles. The van der Waals surface area contributed by atoms with Crippen molar-refractivity contribution in [3.8, 4) is 0 Å². The zero-order valence-electron chi connectivity index (χ0n) is 18.2. The number of fused-ring (bicyclic) bond motifs is 1. The van der Waals surface area contributed by atoms with Crippen molar-refractivity contribution in [1.82, 2.24) is 4.31 Å². The van der Waals surface area contributed by atoms with Crippen molar-refractivity contribution in [2.75, 3.05) is 30.0 Å². The fourth-order valence-electron chi connectivity index (χ4n) is 4.56. The van der Waals surface area contributed by atoms with Crippen molar-refractivity contribution < 1.29 is 16.8 Å². The van der Waals surface area contributed by atoms with Gasteiger partial charge in [0.25, 0.3) is 10.0 Å². The monoisotopic (exact) mass is 463 g/mol. The summed E-state index contributed by atoms with van der Waals surface area (Å²) in [7, 11) is -4.58. The molecule has 0 aromatic heterocycles. The predicted octanol–water partition coefficient (Wildman–Crippen LogP) is 3.63. The van der Waals surface area contributed by atoms with E-state index in [1.54, 1.807) is 0 Å². The summed E-state index contributed by atoms with van der Waals surface area (Å²) in [5.41, 5.74) is 1.52. The SMILES string of the molecule is CN(C)S(=O)(=O)c1ccc(S(=O)(=O)N2CN(C3(C)CCCCC3)c3ccccc32)cc1. The molecule has 2 aliphatic rings. The lowest BCUT2D eigenvalue weighted by molar-refractivity contribution is 0.303. The predicted molar refractivity (Wildman–Crippen MR) is 122 cm³/mol. The first kappa shape index (κ1) is 22.1. The van der Waals surface area contributed by atoms with E-state index in [1.165, 1.54) is 49.1 Å². The van der Waals surface area contributed by atoms with E-state index < -0.39 is 20.0 Å². The minimum atomic E-state index is -3.85. The van der Waals surface area contributed by atoms with Gasteiger partial charge in [-0.1, -0.05) is 31.4 Å². The summed E-state index contributed by atoms with van der Waals surface area (Å²) in [4.78, 5) is 2.37. The first-order valence-corrected chi connectivity index (χ1v) is 13.4. The van der Waals surface area contributed by atoms with E-state index in [4.69, 9.17) is 0 Å². The van der Waals surface area contributed by atoms with Gasteiger partial charge in [-0.2, -0.15) is 0 Å². The van der Waals surface area contributed by atoms with Gasteiger partial charge in [0.05, 0.1) is 21.2 Å². The Bertz CT molecular complexity index is 1170. The number of anilines is 2. The van der Waals surface area contributed by atoms with Crippen molar-refractivity contribution in [2.45, 2.75) is 54.4 Å². The lowest BCUT2D eigenvalue weighted by Crippen LogP contribution is -2.50. The van der Waals surface area contributed by atoms with E-state index in [2.05, 4.69) is 11.8 Å². The topological polar surface area (TPSA) is 78.0 Å². The van der Waals surface area contributed by atoms with Gasteiger partial charge in [-0.3, -0.25) is 0 Å². The van der Waals surface area contributed by atoms with Crippen LogP contribution in [0.2, 0.25) is 0 Å². The average Bonchev–Trinajstić information content (AvgIpc) is 3.16. The van der Waals surface area contributed by atoms with Crippen molar-refractivity contribution in [3.63, 3.8) is 0 Å². The van der Waals surface area contributed by atoms with Crippen LogP contribution in [-0.4, -0.2) is 47.4 Å². The molecule has 168 valence electrons. The molecule has 0 saturated heterocycles. The normalized spacial score (nSPS) is 19.0. The van der Waals surface area contributed by atoms with E-state index in [1.807, 2.05) is 24.3 Å². The zero-order valence-corrected chi connectivity index (χ0v) is 19.8. The van der Waals surface area contributed by atoms with E-state index >= 15 is 0 Å². The maximum absolute atomic E-state index is 13.6. The van der Waals surface area contributed by atoms with Gasteiger partial charge < -0.3 is 4.90 Å². The second-order valence-corrected chi connectivity index (χ2v) is 12.7. The fraction of sp³-hybridized carbons (Fsp3) is 0.455. The van der Waals surface area contributed by atoms with Crippen LogP contribution in [-0.2, 0) is 20.0 Å². The molecule has 7 nitrogen and oxygen atoms in total. The van der Waals surface area contributed by atoms with Crippen LogP contribution in [0.1, 0.15) is 39.0 Å². The summed E-state index contributed by atoms with van der Waals surface area (Å²) in [5, 5.41) is 0. The largest absolute Gasteiger partial charge is 0.346 e. The summed E-state index contributed by atoms with van der Waals surface area (Å²) in [6.45, 7) is 2.48. The molecule has 1 aliphatic carbocycles. The number of rotatable bonds is 5. The molecule has 31 heavy (non-hydrogen) atoms. The van der Waals surface area contributed by atoms with E-state index in [-0.39, 0.29) is 22.0 Å². The van der Waals surface area contributed by atoms with Crippen LogP contribution >= 0.6 is 0 Å². The van der Waals surface area contributed by atoms with Crippen molar-refractivity contribution in [2.24, 2.45) is 0 Å². The highest BCUT2D eigenvalue weighted by Gasteiger charge is 2.43. The van der Waals surface area contributed by atoms with Gasteiger partial charge in [-0.25, -0.2) is 25.4 Å². The first-order valence-electron chi connectivity index (χ1n) is 10.5. The second-order valence-electron chi connectivity index (χ2n) is 8.73. The second kappa shape index (κ2) is 7.79. The molecule has 0 N–H and O–H groups in total. The molecule has 0 bridgehead atoms. The Hall–Kier alpha value is -2.10. The summed E-state index contributed by atoms with van der Waals surface area (Å²) in [6.07, 6.45) is 5.57. The van der Waals surface area contributed by atoms with Crippen LogP contribution in [0.25, 0.3) is 0 Å². The van der Waals surface area contributed by atoms with Gasteiger partial charge in [-0.15, -0.1) is 0 Å². The first-order chi connectivity index (χ1) is 14.6. The Labute approximate surface area is 185 Å². The Morgan fingerprint density at radius 1 is 0.806 bits per heavy atom. The van der Waals surface area contributed by atoms with Crippen molar-refractivity contribution >= 4 is 31.4 Å². The quantitative estimate of drug-likeness (QED) is 0.677. The van der Waals surface area contributed by atoms with E-state index in [0.29, 0.717) is 5.69 Å². The number of hydrogen-bond acceptors (Lipinski definition) is 5. The molecule has 0 unspecified atom stereocenters. The van der Waals surface area contributed by atoms with Crippen LogP contribution in [0.5, 0.6) is 0 Å². The number of hydrogen-bond donors (Lipinski definition) is 0. The number of sulfonamides is 2. The molecule has 2 aromatic carbocycles. The molecule has 0 atom stereocenters. The Morgan fingerprint density at radius 3 is 1.94 bits per heavy atom. The van der Waals surface area contributed by atoms with E-state index in [0.717, 1.165) is 35.7 Å². The third-order valence-corrected chi connectivity index (χ3v) is 10.1. The third-order valence-electron chi connectivity index (χ3n) is 6.48. The smallest absolute Gasteiger partial charge is 0.265 e. The number of benzene rings is 2. The highest BCUT2D eigenvalue weighted by Crippen LogP contribution is 2.46. The molecule has 0 spiro atoms. The molecule has 2 aromatic rings. The molecule has 9 heteroatoms. The Morgan fingerprint density at radius 2 is 1.35 bits per heavy atom. The lowest BCUT2D eigenvalue weighted by Gasteiger charge is -2.43. The third kappa shape index (κ3) is 3.72. The van der Waals surface area contributed by atoms with Gasteiger partial charge in [0.2, 0.25) is 10.0 Å². The molecule has 4 rings (SSSR count). The standard InChI is InChI=1S/C22H29N3O4S2/c1-22(15-7-4-8-16-22)24-17-25(21-10-6-5-9-20(21)24)31(28,29)19-13-11-18(12-14-19)30(26,27)23(2)3/h5-6,9-14H,4,7-8,15-17H2,1-3H3. The summed E-state index contributed by atoms with van der Waals surface area (Å²) < 4.78 is 54.3.